The van der Waals surface area contributed by atoms with Gasteiger partial charge in [0.05, 0.1) is 22.0 Å². The molecule has 0 aliphatic carbocycles. The Hall–Kier alpha value is -3.27. The van der Waals surface area contributed by atoms with Crippen molar-refractivity contribution in [3.05, 3.63) is 93.8 Å². The minimum atomic E-state index is -4.49. The standard InChI is InChI=1S/C23H13F6NO2S/c24-22(25,26)16-7-4-13(5-8-16)12-33-21-30-19-9-6-15(11-18(19)20(31)32-21)14-2-1-3-17(10-14)23(27,28)29/h1-11H,12H2. The maximum atomic E-state index is 13.0. The van der Waals surface area contributed by atoms with Gasteiger partial charge in [-0.2, -0.15) is 26.3 Å². The number of hydrogen-bond acceptors (Lipinski definition) is 4. The number of hydrogen-bond donors (Lipinski definition) is 0. The second-order valence-electron chi connectivity index (χ2n) is 7.06. The van der Waals surface area contributed by atoms with Gasteiger partial charge in [-0.1, -0.05) is 42.1 Å². The van der Waals surface area contributed by atoms with Gasteiger partial charge in [0, 0.05) is 5.75 Å². The van der Waals surface area contributed by atoms with Crippen molar-refractivity contribution in [1.82, 2.24) is 4.98 Å². The van der Waals surface area contributed by atoms with Gasteiger partial charge in [-0.05, 0) is 53.1 Å². The normalized spacial score (nSPS) is 12.3. The first-order valence-corrected chi connectivity index (χ1v) is 10.4. The minimum Gasteiger partial charge on any atom is -0.397 e. The zero-order valence-electron chi connectivity index (χ0n) is 16.5. The van der Waals surface area contributed by atoms with Crippen molar-refractivity contribution in [3.63, 3.8) is 0 Å². The largest absolute Gasteiger partial charge is 0.416 e. The van der Waals surface area contributed by atoms with Crippen molar-refractivity contribution >= 4 is 22.7 Å². The Balaban J connectivity index is 1.57. The van der Waals surface area contributed by atoms with Crippen molar-refractivity contribution < 1.29 is 30.8 Å². The summed E-state index contributed by atoms with van der Waals surface area (Å²) in [6, 6.07) is 13.8. The third-order valence-corrected chi connectivity index (χ3v) is 5.67. The topological polar surface area (TPSA) is 43.1 Å². The van der Waals surface area contributed by atoms with Gasteiger partial charge in [-0.3, -0.25) is 0 Å². The van der Waals surface area contributed by atoms with E-state index in [9.17, 15) is 31.1 Å². The van der Waals surface area contributed by atoms with Crippen LogP contribution in [0.15, 0.2) is 81.2 Å². The van der Waals surface area contributed by atoms with Crippen LogP contribution in [0, 0.1) is 0 Å². The number of rotatable bonds is 4. The van der Waals surface area contributed by atoms with Crippen LogP contribution in [-0.4, -0.2) is 4.98 Å². The predicted octanol–water partition coefficient (Wildman–Crippen LogP) is 7.18. The molecule has 33 heavy (non-hydrogen) atoms. The highest BCUT2D eigenvalue weighted by Gasteiger charge is 2.31. The molecule has 0 saturated carbocycles. The summed E-state index contributed by atoms with van der Waals surface area (Å²) in [6.07, 6.45) is -8.92. The third-order valence-electron chi connectivity index (χ3n) is 4.78. The Bertz CT molecular complexity index is 1360. The van der Waals surface area contributed by atoms with Gasteiger partial charge in [0.15, 0.2) is 0 Å². The van der Waals surface area contributed by atoms with E-state index in [1.165, 1.54) is 36.4 Å². The van der Waals surface area contributed by atoms with E-state index in [4.69, 9.17) is 4.42 Å². The quantitative estimate of drug-likeness (QED) is 0.229. The Morgan fingerprint density at radius 3 is 2.12 bits per heavy atom. The zero-order valence-corrected chi connectivity index (χ0v) is 17.3. The molecule has 4 aromatic rings. The molecule has 0 aliphatic rings. The van der Waals surface area contributed by atoms with Gasteiger partial charge >= 0.3 is 18.0 Å². The van der Waals surface area contributed by atoms with E-state index in [0.717, 1.165) is 36.0 Å². The lowest BCUT2D eigenvalue weighted by Gasteiger charge is -2.09. The van der Waals surface area contributed by atoms with E-state index >= 15 is 0 Å². The van der Waals surface area contributed by atoms with Crippen molar-refractivity contribution in [2.45, 2.75) is 23.3 Å². The lowest BCUT2D eigenvalue weighted by molar-refractivity contribution is -0.138. The van der Waals surface area contributed by atoms with Crippen LogP contribution in [0.3, 0.4) is 0 Å². The molecule has 1 heterocycles. The first kappa shape index (κ1) is 22.9. The van der Waals surface area contributed by atoms with E-state index in [0.29, 0.717) is 11.1 Å². The molecule has 0 fully saturated rings. The fraction of sp³-hybridized carbons (Fsp3) is 0.130. The van der Waals surface area contributed by atoms with Crippen LogP contribution in [0.4, 0.5) is 26.3 Å². The van der Waals surface area contributed by atoms with Crippen molar-refractivity contribution in [1.29, 1.82) is 0 Å². The van der Waals surface area contributed by atoms with Crippen LogP contribution in [0.1, 0.15) is 16.7 Å². The predicted molar refractivity (Wildman–Crippen MR) is 112 cm³/mol. The lowest BCUT2D eigenvalue weighted by atomic mass is 10.0. The zero-order chi connectivity index (χ0) is 23.8. The van der Waals surface area contributed by atoms with Crippen molar-refractivity contribution in [2.75, 3.05) is 0 Å². The summed E-state index contributed by atoms with van der Waals surface area (Å²) in [5, 5.41) is 0.128. The van der Waals surface area contributed by atoms with Gasteiger partial charge in [-0.15, -0.1) is 0 Å². The molecule has 0 bridgehead atoms. The Morgan fingerprint density at radius 1 is 0.788 bits per heavy atom. The maximum absolute atomic E-state index is 13.0. The number of alkyl halides is 6. The summed E-state index contributed by atoms with van der Waals surface area (Å²) in [6.45, 7) is 0. The average Bonchev–Trinajstić information content (AvgIpc) is 2.77. The number of halogens is 6. The van der Waals surface area contributed by atoms with Crippen LogP contribution in [0.5, 0.6) is 0 Å². The van der Waals surface area contributed by atoms with Crippen LogP contribution in [0.25, 0.3) is 22.0 Å². The number of nitrogens with zero attached hydrogens (tertiary/aromatic N) is 1. The van der Waals surface area contributed by atoms with Gasteiger partial charge in [0.1, 0.15) is 0 Å². The number of fused-ring (bicyclic) bond motifs is 1. The molecule has 3 aromatic carbocycles. The molecule has 0 radical (unpaired) electrons. The molecule has 0 spiro atoms. The third kappa shape index (κ3) is 5.22. The highest BCUT2D eigenvalue weighted by molar-refractivity contribution is 7.98. The molecule has 0 saturated heterocycles. The summed E-state index contributed by atoms with van der Waals surface area (Å²) in [7, 11) is 0. The number of thioether (sulfide) groups is 1. The fourth-order valence-electron chi connectivity index (χ4n) is 3.10. The SMILES string of the molecule is O=c1oc(SCc2ccc(C(F)(F)F)cc2)nc2ccc(-c3cccc(C(F)(F)F)c3)cc12. The molecule has 3 nitrogen and oxygen atoms in total. The van der Waals surface area contributed by atoms with E-state index in [1.807, 2.05) is 0 Å². The summed E-state index contributed by atoms with van der Waals surface area (Å²) < 4.78 is 82.1. The first-order valence-electron chi connectivity index (χ1n) is 9.42. The van der Waals surface area contributed by atoms with E-state index in [2.05, 4.69) is 4.98 Å². The number of benzene rings is 3. The Kier molecular flexibility index (Phi) is 5.96. The van der Waals surface area contributed by atoms with E-state index in [1.54, 1.807) is 6.07 Å². The van der Waals surface area contributed by atoms with Gasteiger partial charge in [0.2, 0.25) is 0 Å². The van der Waals surface area contributed by atoms with Crippen molar-refractivity contribution in [2.24, 2.45) is 0 Å². The number of aromatic nitrogens is 1. The first-order chi connectivity index (χ1) is 15.5. The van der Waals surface area contributed by atoms with Gasteiger partial charge < -0.3 is 4.42 Å². The fourth-order valence-corrected chi connectivity index (χ4v) is 3.88. The Labute approximate surface area is 187 Å². The maximum Gasteiger partial charge on any atom is 0.416 e. The molecule has 0 amide bonds. The molecule has 170 valence electrons. The second kappa shape index (κ2) is 8.58. The van der Waals surface area contributed by atoms with Gasteiger partial charge in [-0.25, -0.2) is 9.78 Å². The van der Waals surface area contributed by atoms with E-state index < -0.39 is 29.1 Å². The molecule has 0 aliphatic heterocycles. The summed E-state index contributed by atoms with van der Waals surface area (Å²) in [4.78, 5) is 16.7. The monoisotopic (exact) mass is 481 g/mol. The molecule has 4 rings (SSSR count). The van der Waals surface area contributed by atoms with Crippen LogP contribution >= 0.6 is 11.8 Å². The highest BCUT2D eigenvalue weighted by atomic mass is 32.2. The van der Waals surface area contributed by atoms with Crippen LogP contribution < -0.4 is 5.63 Å². The summed E-state index contributed by atoms with van der Waals surface area (Å²) in [5.41, 5.74) is -0.735. The molecular formula is C23H13F6NO2S. The van der Waals surface area contributed by atoms with E-state index in [-0.39, 0.29) is 27.4 Å². The summed E-state index contributed by atoms with van der Waals surface area (Å²) in [5.74, 6) is 0.224. The van der Waals surface area contributed by atoms with Crippen LogP contribution in [-0.2, 0) is 18.1 Å². The summed E-state index contributed by atoms with van der Waals surface area (Å²) >= 11 is 1.04. The van der Waals surface area contributed by atoms with Crippen molar-refractivity contribution in [3.8, 4) is 11.1 Å². The average molecular weight is 481 g/mol. The molecule has 0 unspecified atom stereocenters. The molecule has 1 aromatic heterocycles. The minimum absolute atomic E-state index is 0.0271. The highest BCUT2D eigenvalue weighted by Crippen LogP contribution is 2.33. The molecular weight excluding hydrogens is 468 g/mol. The van der Waals surface area contributed by atoms with Gasteiger partial charge in [0.25, 0.3) is 5.22 Å². The Morgan fingerprint density at radius 2 is 1.45 bits per heavy atom. The second-order valence-corrected chi connectivity index (χ2v) is 7.99. The molecule has 0 N–H and O–H groups in total. The van der Waals surface area contributed by atoms with Crippen LogP contribution in [0.2, 0.25) is 0 Å². The molecule has 10 heteroatoms. The molecule has 0 atom stereocenters. The smallest absolute Gasteiger partial charge is 0.397 e. The lowest BCUT2D eigenvalue weighted by Crippen LogP contribution is -2.05.